The zero-order valence-corrected chi connectivity index (χ0v) is 8.72. The molecule has 1 aromatic heterocycles. The Morgan fingerprint density at radius 3 is 2.77 bits per heavy atom. The minimum Gasteiger partial charge on any atom is -0.464 e. The van der Waals surface area contributed by atoms with E-state index in [1.54, 1.807) is 6.07 Å². The molecular formula is C9H6INO2. The Morgan fingerprint density at radius 1 is 1.38 bits per heavy atom. The van der Waals surface area contributed by atoms with Crippen molar-refractivity contribution in [3.8, 4) is 0 Å². The van der Waals surface area contributed by atoms with Gasteiger partial charge in [-0.1, -0.05) is 18.2 Å². The average Bonchev–Trinajstić information content (AvgIpc) is 2.39. The fraction of sp³-hybridized carbons (Fsp3) is 0. The van der Waals surface area contributed by atoms with E-state index < -0.39 is 6.09 Å². The van der Waals surface area contributed by atoms with Crippen molar-refractivity contribution in [2.75, 3.05) is 0 Å². The number of halogens is 1. The number of aromatic nitrogens is 1. The van der Waals surface area contributed by atoms with E-state index in [1.165, 1.54) is 4.57 Å². The Hall–Kier alpha value is -1.04. The summed E-state index contributed by atoms with van der Waals surface area (Å²) in [6.45, 7) is 0. The highest BCUT2D eigenvalue weighted by atomic mass is 127. The largest absolute Gasteiger partial charge is 0.464 e. The van der Waals surface area contributed by atoms with E-state index in [-0.39, 0.29) is 0 Å². The number of carbonyl (C=O) groups is 1. The molecule has 0 spiro atoms. The highest BCUT2D eigenvalue weighted by Gasteiger charge is 2.10. The van der Waals surface area contributed by atoms with Crippen LogP contribution in [-0.4, -0.2) is 15.8 Å². The first kappa shape index (κ1) is 8.55. The Bertz CT molecular complexity index is 475. The van der Waals surface area contributed by atoms with Crippen LogP contribution in [0.4, 0.5) is 4.79 Å². The molecule has 2 rings (SSSR count). The third-order valence-electron chi connectivity index (χ3n) is 1.86. The molecule has 0 aliphatic rings. The van der Waals surface area contributed by atoms with Crippen LogP contribution in [0.2, 0.25) is 0 Å². The molecule has 2 aromatic rings. The molecule has 1 aromatic carbocycles. The van der Waals surface area contributed by atoms with Crippen molar-refractivity contribution in [1.29, 1.82) is 0 Å². The average molecular weight is 287 g/mol. The number of hydrogen-bond donors (Lipinski definition) is 1. The van der Waals surface area contributed by atoms with E-state index in [2.05, 4.69) is 0 Å². The van der Waals surface area contributed by atoms with Crippen molar-refractivity contribution < 1.29 is 9.90 Å². The van der Waals surface area contributed by atoms with Crippen molar-refractivity contribution in [2.24, 2.45) is 0 Å². The number of benzene rings is 1. The molecule has 3 nitrogen and oxygen atoms in total. The molecule has 0 atom stereocenters. The van der Waals surface area contributed by atoms with Gasteiger partial charge < -0.3 is 5.11 Å². The molecule has 0 unspecified atom stereocenters. The predicted molar refractivity (Wildman–Crippen MR) is 58.1 cm³/mol. The van der Waals surface area contributed by atoms with Gasteiger partial charge in [-0.15, -0.1) is 0 Å². The Labute approximate surface area is 88.1 Å². The molecular weight excluding hydrogens is 281 g/mol. The summed E-state index contributed by atoms with van der Waals surface area (Å²) in [6, 6.07) is 9.27. The van der Waals surface area contributed by atoms with E-state index >= 15 is 0 Å². The van der Waals surface area contributed by atoms with Crippen molar-refractivity contribution in [3.63, 3.8) is 0 Å². The SMILES string of the molecule is O=C(O)n1c(I)cc2ccccc21. The van der Waals surface area contributed by atoms with Crippen molar-refractivity contribution in [1.82, 2.24) is 4.57 Å². The van der Waals surface area contributed by atoms with Crippen molar-refractivity contribution >= 4 is 39.6 Å². The maximum absolute atomic E-state index is 10.9. The third-order valence-corrected chi connectivity index (χ3v) is 2.65. The maximum atomic E-state index is 10.9. The van der Waals surface area contributed by atoms with Crippen LogP contribution in [0, 0.1) is 3.70 Å². The predicted octanol–water partition coefficient (Wildman–Crippen LogP) is 2.77. The Kier molecular flexibility index (Phi) is 1.99. The number of hydrogen-bond acceptors (Lipinski definition) is 1. The van der Waals surface area contributed by atoms with Gasteiger partial charge in [-0.25, -0.2) is 9.36 Å². The lowest BCUT2D eigenvalue weighted by molar-refractivity contribution is 0.197. The number of carboxylic acid groups (broad SMARTS) is 1. The molecule has 4 heteroatoms. The fourth-order valence-electron chi connectivity index (χ4n) is 1.32. The first-order valence-electron chi connectivity index (χ1n) is 3.69. The summed E-state index contributed by atoms with van der Waals surface area (Å²) in [5, 5.41) is 9.86. The highest BCUT2D eigenvalue weighted by Crippen LogP contribution is 2.20. The van der Waals surface area contributed by atoms with Gasteiger partial charge in [0.1, 0.15) is 0 Å². The van der Waals surface area contributed by atoms with Gasteiger partial charge in [0.25, 0.3) is 0 Å². The summed E-state index contributed by atoms with van der Waals surface area (Å²) < 4.78 is 1.99. The van der Waals surface area contributed by atoms with Crippen LogP contribution < -0.4 is 0 Å². The van der Waals surface area contributed by atoms with Crippen LogP contribution in [0.25, 0.3) is 10.9 Å². The first-order valence-corrected chi connectivity index (χ1v) is 4.77. The Morgan fingerprint density at radius 2 is 2.08 bits per heavy atom. The van der Waals surface area contributed by atoms with E-state index in [1.807, 2.05) is 46.9 Å². The number of rotatable bonds is 0. The summed E-state index contributed by atoms with van der Waals surface area (Å²) in [7, 11) is 0. The Balaban J connectivity index is 2.86. The second-order valence-electron chi connectivity index (χ2n) is 2.64. The summed E-state index contributed by atoms with van der Waals surface area (Å²) in [5.41, 5.74) is 0.736. The molecule has 1 heterocycles. The minimum atomic E-state index is -0.939. The van der Waals surface area contributed by atoms with Crippen LogP contribution in [0.3, 0.4) is 0 Å². The molecule has 13 heavy (non-hydrogen) atoms. The lowest BCUT2D eigenvalue weighted by Crippen LogP contribution is -2.08. The summed E-state index contributed by atoms with van der Waals surface area (Å²) in [4.78, 5) is 10.9. The summed E-state index contributed by atoms with van der Waals surface area (Å²) in [6.07, 6.45) is -0.939. The summed E-state index contributed by atoms with van der Waals surface area (Å²) in [5.74, 6) is 0. The van der Waals surface area contributed by atoms with Gasteiger partial charge in [0.15, 0.2) is 0 Å². The topological polar surface area (TPSA) is 42.2 Å². The lowest BCUT2D eigenvalue weighted by atomic mass is 10.2. The van der Waals surface area contributed by atoms with Gasteiger partial charge in [-0.05, 0) is 34.7 Å². The third kappa shape index (κ3) is 1.31. The van der Waals surface area contributed by atoms with Gasteiger partial charge >= 0.3 is 6.09 Å². The fourth-order valence-corrected chi connectivity index (χ4v) is 2.12. The molecule has 66 valence electrons. The molecule has 0 aliphatic heterocycles. The lowest BCUT2D eigenvalue weighted by Gasteiger charge is -1.98. The molecule has 0 radical (unpaired) electrons. The molecule has 0 fully saturated rings. The molecule has 0 aliphatic carbocycles. The van der Waals surface area contributed by atoms with Crippen LogP contribution in [0.15, 0.2) is 30.3 Å². The number of fused-ring (bicyclic) bond motifs is 1. The van der Waals surface area contributed by atoms with Gasteiger partial charge in [0, 0.05) is 5.39 Å². The van der Waals surface area contributed by atoms with Gasteiger partial charge in [0.2, 0.25) is 0 Å². The monoisotopic (exact) mass is 287 g/mol. The normalized spacial score (nSPS) is 10.5. The van der Waals surface area contributed by atoms with Gasteiger partial charge in [0.05, 0.1) is 9.22 Å². The standard InChI is InChI=1S/C9H6INO2/c10-8-5-6-3-1-2-4-7(6)11(8)9(12)13/h1-5H,(H,12,13). The van der Waals surface area contributed by atoms with Crippen LogP contribution in [0.1, 0.15) is 0 Å². The zero-order valence-electron chi connectivity index (χ0n) is 6.57. The zero-order chi connectivity index (χ0) is 9.42. The van der Waals surface area contributed by atoms with Crippen LogP contribution >= 0.6 is 22.6 Å². The molecule has 0 amide bonds. The van der Waals surface area contributed by atoms with E-state index in [0.717, 1.165) is 10.9 Å². The smallest absolute Gasteiger partial charge is 0.416 e. The van der Waals surface area contributed by atoms with E-state index in [4.69, 9.17) is 5.11 Å². The highest BCUT2D eigenvalue weighted by molar-refractivity contribution is 14.1. The second kappa shape index (κ2) is 3.02. The first-order chi connectivity index (χ1) is 6.20. The summed E-state index contributed by atoms with van der Waals surface area (Å²) >= 11 is 2.01. The van der Waals surface area contributed by atoms with Gasteiger partial charge in [-0.3, -0.25) is 0 Å². The molecule has 0 saturated carbocycles. The van der Waals surface area contributed by atoms with Crippen molar-refractivity contribution in [2.45, 2.75) is 0 Å². The second-order valence-corrected chi connectivity index (χ2v) is 3.75. The molecule has 1 N–H and O–H groups in total. The van der Waals surface area contributed by atoms with Gasteiger partial charge in [-0.2, -0.15) is 0 Å². The van der Waals surface area contributed by atoms with E-state index in [0.29, 0.717) is 3.70 Å². The minimum absolute atomic E-state index is 0.714. The van der Waals surface area contributed by atoms with Crippen LogP contribution in [0.5, 0.6) is 0 Å². The number of para-hydroxylation sites is 1. The maximum Gasteiger partial charge on any atom is 0.416 e. The quantitative estimate of drug-likeness (QED) is 0.757. The molecule has 0 saturated heterocycles. The molecule has 0 bridgehead atoms. The van der Waals surface area contributed by atoms with E-state index in [9.17, 15) is 4.79 Å². The van der Waals surface area contributed by atoms with Crippen molar-refractivity contribution in [3.05, 3.63) is 34.0 Å². The number of nitrogens with zero attached hydrogens (tertiary/aromatic N) is 1. The van der Waals surface area contributed by atoms with Crippen LogP contribution in [-0.2, 0) is 0 Å².